The van der Waals surface area contributed by atoms with Gasteiger partial charge in [0.15, 0.2) is 0 Å². The van der Waals surface area contributed by atoms with E-state index in [1.54, 1.807) is 5.56 Å². The number of rotatable bonds is 3. The fourth-order valence-electron chi connectivity index (χ4n) is 3.77. The van der Waals surface area contributed by atoms with Gasteiger partial charge in [0.1, 0.15) is 0 Å². The van der Waals surface area contributed by atoms with Gasteiger partial charge in [-0.15, -0.1) is 11.8 Å². The molecule has 19 heavy (non-hydrogen) atoms. The maximum atomic E-state index is 3.58. The minimum atomic E-state index is 0.756. The highest BCUT2D eigenvalue weighted by Crippen LogP contribution is 2.41. The van der Waals surface area contributed by atoms with Gasteiger partial charge in [-0.2, -0.15) is 0 Å². The van der Waals surface area contributed by atoms with Gasteiger partial charge >= 0.3 is 0 Å². The van der Waals surface area contributed by atoms with E-state index >= 15 is 0 Å². The molecule has 1 aromatic rings. The molecule has 3 rings (SSSR count). The zero-order chi connectivity index (χ0) is 13.1. The summed E-state index contributed by atoms with van der Waals surface area (Å²) in [6.07, 6.45) is 9.78. The van der Waals surface area contributed by atoms with Crippen molar-refractivity contribution in [2.45, 2.75) is 61.1 Å². The van der Waals surface area contributed by atoms with Gasteiger partial charge in [-0.3, -0.25) is 0 Å². The van der Waals surface area contributed by atoms with E-state index in [9.17, 15) is 0 Å². The molecule has 1 fully saturated rings. The van der Waals surface area contributed by atoms with Gasteiger partial charge < -0.3 is 5.32 Å². The fourth-order valence-corrected chi connectivity index (χ4v) is 5.19. The monoisotopic (exact) mass is 275 g/mol. The average molecular weight is 275 g/mol. The van der Waals surface area contributed by atoms with Crippen LogP contribution in [-0.2, 0) is 6.42 Å². The lowest BCUT2D eigenvalue weighted by Crippen LogP contribution is -2.34. The number of hydrogen-bond donors (Lipinski definition) is 1. The summed E-state index contributed by atoms with van der Waals surface area (Å²) < 4.78 is 0. The maximum Gasteiger partial charge on any atom is 0.0138 e. The molecular weight excluding hydrogens is 250 g/mol. The van der Waals surface area contributed by atoms with Gasteiger partial charge in [0, 0.05) is 16.2 Å². The van der Waals surface area contributed by atoms with Crippen molar-refractivity contribution in [2.24, 2.45) is 5.92 Å². The molecule has 3 atom stereocenters. The standard InChI is InChI=1S/C17H25NS/c1-18-16-9-4-2-3-7-13(16)11-15-12-14-8-5-6-10-17(14)19-15/h5-6,8,10,13,15-16,18H,2-4,7,9,11-12H2,1H3. The van der Waals surface area contributed by atoms with Gasteiger partial charge in [-0.25, -0.2) is 0 Å². The van der Waals surface area contributed by atoms with Crippen molar-refractivity contribution in [1.82, 2.24) is 5.32 Å². The Balaban J connectivity index is 1.62. The molecule has 0 spiro atoms. The van der Waals surface area contributed by atoms with Crippen molar-refractivity contribution in [3.8, 4) is 0 Å². The predicted molar refractivity (Wildman–Crippen MR) is 83.8 cm³/mol. The predicted octanol–water partition coefficient (Wildman–Crippen LogP) is 4.26. The van der Waals surface area contributed by atoms with Crippen LogP contribution in [-0.4, -0.2) is 18.3 Å². The molecule has 3 unspecified atom stereocenters. The van der Waals surface area contributed by atoms with Crippen molar-refractivity contribution in [3.63, 3.8) is 0 Å². The summed E-state index contributed by atoms with van der Waals surface area (Å²) in [5, 5.41) is 4.40. The molecule has 1 N–H and O–H groups in total. The Bertz CT molecular complexity index is 392. The summed E-state index contributed by atoms with van der Waals surface area (Å²) in [6, 6.07) is 9.72. The summed E-state index contributed by atoms with van der Waals surface area (Å²) in [5.41, 5.74) is 1.58. The van der Waals surface area contributed by atoms with Gasteiger partial charge in [0.05, 0.1) is 0 Å². The van der Waals surface area contributed by atoms with E-state index < -0.39 is 0 Å². The normalized spacial score (nSPS) is 30.9. The molecule has 0 radical (unpaired) electrons. The van der Waals surface area contributed by atoms with Crippen LogP contribution in [0.4, 0.5) is 0 Å². The molecule has 0 aromatic heterocycles. The molecule has 1 aromatic carbocycles. The highest BCUT2D eigenvalue weighted by atomic mass is 32.2. The van der Waals surface area contributed by atoms with E-state index in [2.05, 4.69) is 48.4 Å². The van der Waals surface area contributed by atoms with Crippen LogP contribution < -0.4 is 5.32 Å². The largest absolute Gasteiger partial charge is 0.317 e. The van der Waals surface area contributed by atoms with Gasteiger partial charge in [-0.1, -0.05) is 37.5 Å². The van der Waals surface area contributed by atoms with Crippen molar-refractivity contribution in [2.75, 3.05) is 7.05 Å². The smallest absolute Gasteiger partial charge is 0.0138 e. The van der Waals surface area contributed by atoms with Crippen molar-refractivity contribution >= 4 is 11.8 Å². The van der Waals surface area contributed by atoms with E-state index in [0.29, 0.717) is 0 Å². The van der Waals surface area contributed by atoms with Crippen LogP contribution >= 0.6 is 11.8 Å². The lowest BCUT2D eigenvalue weighted by molar-refractivity contribution is 0.330. The molecule has 2 heteroatoms. The Kier molecular flexibility index (Phi) is 4.49. The van der Waals surface area contributed by atoms with Crippen molar-refractivity contribution < 1.29 is 0 Å². The highest BCUT2D eigenvalue weighted by Gasteiger charge is 2.29. The Hall–Kier alpha value is -0.470. The summed E-state index contributed by atoms with van der Waals surface area (Å²) in [7, 11) is 2.15. The summed E-state index contributed by atoms with van der Waals surface area (Å²) >= 11 is 2.12. The van der Waals surface area contributed by atoms with Gasteiger partial charge in [0.2, 0.25) is 0 Å². The van der Waals surface area contributed by atoms with Crippen molar-refractivity contribution in [3.05, 3.63) is 29.8 Å². The molecule has 2 aliphatic rings. The first-order valence-electron chi connectivity index (χ1n) is 7.78. The molecule has 1 aliphatic heterocycles. The molecule has 1 saturated carbocycles. The second-order valence-electron chi connectivity index (χ2n) is 6.08. The Labute approximate surface area is 121 Å². The zero-order valence-electron chi connectivity index (χ0n) is 11.9. The molecule has 1 aliphatic carbocycles. The average Bonchev–Trinajstić information content (AvgIpc) is 2.70. The summed E-state index contributed by atoms with van der Waals surface area (Å²) in [6.45, 7) is 0. The summed E-state index contributed by atoms with van der Waals surface area (Å²) in [4.78, 5) is 1.53. The first-order chi connectivity index (χ1) is 9.36. The molecular formula is C17H25NS. The van der Waals surface area contributed by atoms with E-state index in [-0.39, 0.29) is 0 Å². The second kappa shape index (κ2) is 6.32. The third-order valence-corrected chi connectivity index (χ3v) is 6.15. The van der Waals surface area contributed by atoms with E-state index in [1.807, 2.05) is 0 Å². The van der Waals surface area contributed by atoms with E-state index in [1.165, 1.54) is 49.8 Å². The lowest BCUT2D eigenvalue weighted by Gasteiger charge is -2.26. The van der Waals surface area contributed by atoms with Crippen LogP contribution in [0, 0.1) is 5.92 Å². The van der Waals surface area contributed by atoms with Crippen LogP contribution in [0.5, 0.6) is 0 Å². The number of nitrogens with one attached hydrogen (secondary N) is 1. The van der Waals surface area contributed by atoms with Gasteiger partial charge in [-0.05, 0) is 50.3 Å². The number of fused-ring (bicyclic) bond motifs is 1. The van der Waals surface area contributed by atoms with Crippen LogP contribution in [0.3, 0.4) is 0 Å². The third kappa shape index (κ3) is 3.17. The fraction of sp³-hybridized carbons (Fsp3) is 0.647. The Morgan fingerprint density at radius 3 is 2.84 bits per heavy atom. The number of benzene rings is 1. The van der Waals surface area contributed by atoms with Crippen LogP contribution in [0.2, 0.25) is 0 Å². The minimum Gasteiger partial charge on any atom is -0.317 e. The van der Waals surface area contributed by atoms with Gasteiger partial charge in [0.25, 0.3) is 0 Å². The first kappa shape index (κ1) is 13.5. The SMILES string of the molecule is CNC1CCCCCC1CC1Cc2ccccc2S1. The number of hydrogen-bond acceptors (Lipinski definition) is 2. The lowest BCUT2D eigenvalue weighted by atomic mass is 9.89. The Morgan fingerprint density at radius 1 is 1.16 bits per heavy atom. The molecule has 0 bridgehead atoms. The van der Waals surface area contributed by atoms with Crippen molar-refractivity contribution in [1.29, 1.82) is 0 Å². The zero-order valence-corrected chi connectivity index (χ0v) is 12.7. The molecule has 0 amide bonds. The highest BCUT2D eigenvalue weighted by molar-refractivity contribution is 8.00. The summed E-state index contributed by atoms with van der Waals surface area (Å²) in [5.74, 6) is 0.888. The quantitative estimate of drug-likeness (QED) is 0.827. The van der Waals surface area contributed by atoms with Crippen LogP contribution in [0.15, 0.2) is 29.2 Å². The molecule has 1 nitrogen and oxygen atoms in total. The Morgan fingerprint density at radius 2 is 2.00 bits per heavy atom. The van der Waals surface area contributed by atoms with E-state index in [4.69, 9.17) is 0 Å². The molecule has 1 heterocycles. The minimum absolute atomic E-state index is 0.756. The maximum absolute atomic E-state index is 3.58. The second-order valence-corrected chi connectivity index (χ2v) is 7.42. The topological polar surface area (TPSA) is 12.0 Å². The number of thioether (sulfide) groups is 1. The molecule has 0 saturated heterocycles. The molecule has 104 valence electrons. The van der Waals surface area contributed by atoms with Crippen LogP contribution in [0.25, 0.3) is 0 Å². The third-order valence-electron chi connectivity index (χ3n) is 4.81. The van der Waals surface area contributed by atoms with Crippen LogP contribution in [0.1, 0.15) is 44.1 Å². The first-order valence-corrected chi connectivity index (χ1v) is 8.66. The van der Waals surface area contributed by atoms with E-state index in [0.717, 1.165) is 17.2 Å².